The number of hydrogen-bond acceptors (Lipinski definition) is 2. The van der Waals surface area contributed by atoms with Crippen molar-refractivity contribution in [3.8, 4) is 5.75 Å². The van der Waals surface area contributed by atoms with Gasteiger partial charge in [0.1, 0.15) is 17.4 Å². The molecular weight excluding hydrogens is 178 g/mol. The molecule has 0 radical (unpaired) electrons. The van der Waals surface area contributed by atoms with Crippen molar-refractivity contribution in [1.29, 1.82) is 0 Å². The normalized spacial score (nSPS) is 10.4. The molecule has 1 aromatic rings. The first kappa shape index (κ1) is 9.92. The Bertz CT molecular complexity index is 277. The van der Waals surface area contributed by atoms with Gasteiger partial charge in [0.15, 0.2) is 0 Å². The number of aliphatic hydroxyl groups excluding tert-OH is 1. The summed E-state index contributed by atoms with van der Waals surface area (Å²) < 4.78 is 25.9. The van der Waals surface area contributed by atoms with E-state index in [1.54, 1.807) is 0 Å². The van der Waals surface area contributed by atoms with Crippen LogP contribution in [-0.4, -0.2) is 16.8 Å². The maximum atomic E-state index is 13.0. The summed E-state index contributed by atoms with van der Waals surface area (Å²) >= 11 is 0. The minimum absolute atomic E-state index is 0.0909. The van der Waals surface area contributed by atoms with Crippen molar-refractivity contribution in [3.05, 3.63) is 29.3 Å². The minimum atomic E-state index is -0.772. The number of hydrogen-bond donors (Lipinski definition) is 2. The molecule has 0 heterocycles. The second kappa shape index (κ2) is 4.18. The third-order valence-electron chi connectivity index (χ3n) is 1.71. The number of aromatic hydroxyl groups is 1. The van der Waals surface area contributed by atoms with E-state index >= 15 is 0 Å². The first-order valence-electron chi connectivity index (χ1n) is 3.93. The predicted octanol–water partition coefficient (Wildman–Crippen LogP) is 1.60. The molecule has 1 rings (SSSR count). The van der Waals surface area contributed by atoms with Crippen LogP contribution in [0, 0.1) is 11.6 Å². The molecular formula is C9H10F2O2. The molecule has 0 atom stereocenters. The Morgan fingerprint density at radius 1 is 1.15 bits per heavy atom. The number of benzene rings is 1. The molecule has 0 unspecified atom stereocenters. The number of aliphatic hydroxyl groups is 1. The van der Waals surface area contributed by atoms with Crippen LogP contribution in [0.1, 0.15) is 12.0 Å². The molecule has 0 saturated heterocycles. The maximum Gasteiger partial charge on any atom is 0.132 e. The highest BCUT2D eigenvalue weighted by molar-refractivity contribution is 5.29. The first-order chi connectivity index (χ1) is 6.15. The highest BCUT2D eigenvalue weighted by atomic mass is 19.1. The van der Waals surface area contributed by atoms with Gasteiger partial charge >= 0.3 is 0 Å². The average molecular weight is 188 g/mol. The van der Waals surface area contributed by atoms with E-state index in [4.69, 9.17) is 10.2 Å². The summed E-state index contributed by atoms with van der Waals surface area (Å²) in [6.45, 7) is -0.111. The summed E-state index contributed by atoms with van der Waals surface area (Å²) in [6, 6.07) is 1.71. The molecule has 0 bridgehead atoms. The Morgan fingerprint density at radius 3 is 2.15 bits per heavy atom. The van der Waals surface area contributed by atoms with Crippen molar-refractivity contribution in [2.45, 2.75) is 12.8 Å². The van der Waals surface area contributed by atoms with E-state index in [1.807, 2.05) is 0 Å². The van der Waals surface area contributed by atoms with Crippen LogP contribution in [0.4, 0.5) is 8.78 Å². The number of halogens is 2. The molecule has 0 spiro atoms. The first-order valence-corrected chi connectivity index (χ1v) is 3.93. The molecule has 0 amide bonds. The highest BCUT2D eigenvalue weighted by Crippen LogP contribution is 2.20. The second-order valence-corrected chi connectivity index (χ2v) is 2.72. The van der Waals surface area contributed by atoms with Crippen LogP contribution in [-0.2, 0) is 6.42 Å². The van der Waals surface area contributed by atoms with Crippen molar-refractivity contribution in [2.24, 2.45) is 0 Å². The zero-order valence-electron chi connectivity index (χ0n) is 6.93. The Balaban J connectivity index is 2.92. The zero-order valence-corrected chi connectivity index (χ0v) is 6.93. The van der Waals surface area contributed by atoms with Gasteiger partial charge in [0.2, 0.25) is 0 Å². The molecule has 0 aromatic heterocycles. The smallest absolute Gasteiger partial charge is 0.132 e. The quantitative estimate of drug-likeness (QED) is 0.756. The van der Waals surface area contributed by atoms with E-state index in [0.717, 1.165) is 12.1 Å². The van der Waals surface area contributed by atoms with Gasteiger partial charge < -0.3 is 10.2 Å². The van der Waals surface area contributed by atoms with Gasteiger partial charge in [-0.3, -0.25) is 0 Å². The van der Waals surface area contributed by atoms with E-state index in [2.05, 4.69) is 0 Å². The maximum absolute atomic E-state index is 13.0. The van der Waals surface area contributed by atoms with Crippen LogP contribution in [0.25, 0.3) is 0 Å². The Morgan fingerprint density at radius 2 is 1.69 bits per heavy atom. The third-order valence-corrected chi connectivity index (χ3v) is 1.71. The van der Waals surface area contributed by atoms with Crippen LogP contribution in [0.15, 0.2) is 12.1 Å². The lowest BCUT2D eigenvalue weighted by Crippen LogP contribution is -1.97. The average Bonchev–Trinajstić information content (AvgIpc) is 2.02. The van der Waals surface area contributed by atoms with Gasteiger partial charge in [0.25, 0.3) is 0 Å². The topological polar surface area (TPSA) is 40.5 Å². The van der Waals surface area contributed by atoms with Crippen LogP contribution >= 0.6 is 0 Å². The molecule has 0 aliphatic carbocycles. The Hall–Kier alpha value is -1.16. The van der Waals surface area contributed by atoms with Crippen molar-refractivity contribution >= 4 is 0 Å². The molecule has 1 aromatic carbocycles. The SMILES string of the molecule is OCCCc1c(F)cc(O)cc1F. The fourth-order valence-electron chi connectivity index (χ4n) is 1.08. The molecule has 13 heavy (non-hydrogen) atoms. The monoisotopic (exact) mass is 188 g/mol. The molecule has 0 aliphatic rings. The number of phenolic OH excluding ortho intramolecular Hbond substituents is 1. The molecule has 0 fully saturated rings. The van der Waals surface area contributed by atoms with Crippen molar-refractivity contribution in [3.63, 3.8) is 0 Å². The van der Waals surface area contributed by atoms with Gasteiger partial charge in [-0.15, -0.1) is 0 Å². The molecule has 72 valence electrons. The molecule has 0 saturated carbocycles. The molecule has 4 heteroatoms. The lowest BCUT2D eigenvalue weighted by Gasteiger charge is -2.03. The second-order valence-electron chi connectivity index (χ2n) is 2.72. The van der Waals surface area contributed by atoms with Gasteiger partial charge in [-0.1, -0.05) is 0 Å². The van der Waals surface area contributed by atoms with Crippen molar-refractivity contribution < 1.29 is 19.0 Å². The van der Waals surface area contributed by atoms with E-state index < -0.39 is 17.4 Å². The molecule has 0 aliphatic heterocycles. The van der Waals surface area contributed by atoms with E-state index in [-0.39, 0.29) is 18.6 Å². The Labute approximate surface area is 74.4 Å². The summed E-state index contributed by atoms with van der Waals surface area (Å²) in [4.78, 5) is 0. The Kier molecular flexibility index (Phi) is 3.19. The fraction of sp³-hybridized carbons (Fsp3) is 0.333. The largest absolute Gasteiger partial charge is 0.508 e. The molecule has 2 nitrogen and oxygen atoms in total. The standard InChI is InChI=1S/C9H10F2O2/c10-8-4-6(13)5-9(11)7(8)2-1-3-12/h4-5,12-13H,1-3H2. The summed E-state index contributed by atoms with van der Waals surface area (Å²) in [5.41, 5.74) is -0.0909. The van der Waals surface area contributed by atoms with E-state index in [9.17, 15) is 8.78 Å². The van der Waals surface area contributed by atoms with Crippen molar-refractivity contribution in [2.75, 3.05) is 6.61 Å². The van der Waals surface area contributed by atoms with Crippen LogP contribution in [0.3, 0.4) is 0 Å². The summed E-state index contributed by atoms with van der Waals surface area (Å²) in [5, 5.41) is 17.3. The van der Waals surface area contributed by atoms with Crippen LogP contribution < -0.4 is 0 Å². The zero-order chi connectivity index (χ0) is 9.84. The fourth-order valence-corrected chi connectivity index (χ4v) is 1.08. The van der Waals surface area contributed by atoms with Crippen LogP contribution in [0.5, 0.6) is 5.75 Å². The number of phenols is 1. The van der Waals surface area contributed by atoms with E-state index in [0.29, 0.717) is 6.42 Å². The van der Waals surface area contributed by atoms with Crippen LogP contribution in [0.2, 0.25) is 0 Å². The lowest BCUT2D eigenvalue weighted by molar-refractivity contribution is 0.287. The highest BCUT2D eigenvalue weighted by Gasteiger charge is 2.09. The summed E-state index contributed by atoms with van der Waals surface area (Å²) in [5.74, 6) is -1.97. The van der Waals surface area contributed by atoms with Crippen molar-refractivity contribution in [1.82, 2.24) is 0 Å². The number of rotatable bonds is 3. The lowest BCUT2D eigenvalue weighted by atomic mass is 10.1. The molecule has 2 N–H and O–H groups in total. The van der Waals surface area contributed by atoms with E-state index in [1.165, 1.54) is 0 Å². The minimum Gasteiger partial charge on any atom is -0.508 e. The van der Waals surface area contributed by atoms with Gasteiger partial charge in [0.05, 0.1) is 0 Å². The summed E-state index contributed by atoms with van der Waals surface area (Å²) in [6.07, 6.45) is 0.438. The predicted molar refractivity (Wildman–Crippen MR) is 43.4 cm³/mol. The third kappa shape index (κ3) is 2.39. The van der Waals surface area contributed by atoms with Gasteiger partial charge in [-0.05, 0) is 12.8 Å². The summed E-state index contributed by atoms with van der Waals surface area (Å²) in [7, 11) is 0. The van der Waals surface area contributed by atoms with Gasteiger partial charge in [-0.25, -0.2) is 8.78 Å². The van der Waals surface area contributed by atoms with Gasteiger partial charge in [-0.2, -0.15) is 0 Å². The van der Waals surface area contributed by atoms with Gasteiger partial charge in [0, 0.05) is 24.3 Å².